The number of benzene rings is 1. The van der Waals surface area contributed by atoms with Crippen LogP contribution in [0.1, 0.15) is 62.4 Å². The van der Waals surface area contributed by atoms with E-state index in [0.717, 1.165) is 5.56 Å². The Bertz CT molecular complexity index is 1280. The molecule has 1 aliphatic carbocycles. The fourth-order valence-corrected chi connectivity index (χ4v) is 4.57. The Morgan fingerprint density at radius 1 is 1.09 bits per heavy atom. The van der Waals surface area contributed by atoms with E-state index in [-0.39, 0.29) is 51.5 Å². The van der Waals surface area contributed by atoms with Gasteiger partial charge in [0, 0.05) is 51.6 Å². The summed E-state index contributed by atoms with van der Waals surface area (Å²) >= 11 is 0. The first kappa shape index (κ1) is 35.4. The standard InChI is InChI=1S/C32H43N3O10/c1-32(2,3)45-28(39)13-11-23(18-36)34-26(37)14-15-33-30(40)22-16-24-29(43-19-42-24)25(17-22)44-31(41)21-9-6-20(7-10-21)8-12-27(38)35(4)5/h6-10,12,16,23-25,29,36H,11,13-15,17-19H2,1-5H3,(H,33,40)(H,34,37)/t23-,24+,25+,29+/m0/s1. The molecule has 0 unspecified atom stereocenters. The summed E-state index contributed by atoms with van der Waals surface area (Å²) < 4.78 is 22.2. The Morgan fingerprint density at radius 3 is 2.44 bits per heavy atom. The zero-order chi connectivity index (χ0) is 33.1. The van der Waals surface area contributed by atoms with Gasteiger partial charge in [-0.25, -0.2) is 4.79 Å². The predicted molar refractivity (Wildman–Crippen MR) is 162 cm³/mol. The van der Waals surface area contributed by atoms with E-state index >= 15 is 0 Å². The predicted octanol–water partition coefficient (Wildman–Crippen LogP) is 1.49. The number of carbonyl (C=O) groups excluding carboxylic acids is 5. The summed E-state index contributed by atoms with van der Waals surface area (Å²) in [7, 11) is 3.30. The summed E-state index contributed by atoms with van der Waals surface area (Å²) in [5, 5.41) is 14.9. The van der Waals surface area contributed by atoms with E-state index < -0.39 is 53.7 Å². The second-order valence-electron chi connectivity index (χ2n) is 12.0. The van der Waals surface area contributed by atoms with Crippen molar-refractivity contribution in [3.8, 4) is 0 Å². The lowest BCUT2D eigenvalue weighted by Crippen LogP contribution is -2.44. The van der Waals surface area contributed by atoms with Crippen LogP contribution in [0, 0.1) is 0 Å². The second kappa shape index (κ2) is 16.3. The van der Waals surface area contributed by atoms with Crippen molar-refractivity contribution in [2.24, 2.45) is 0 Å². The third kappa shape index (κ3) is 11.4. The van der Waals surface area contributed by atoms with Gasteiger partial charge in [-0.15, -0.1) is 0 Å². The maximum atomic E-state index is 13.0. The first-order chi connectivity index (χ1) is 21.3. The van der Waals surface area contributed by atoms with E-state index in [1.165, 1.54) is 11.0 Å². The number of aliphatic hydroxyl groups excluding tert-OH is 1. The molecule has 3 N–H and O–H groups in total. The number of hydrogen-bond acceptors (Lipinski definition) is 10. The van der Waals surface area contributed by atoms with Gasteiger partial charge in [0.25, 0.3) is 0 Å². The van der Waals surface area contributed by atoms with Crippen molar-refractivity contribution in [2.45, 2.75) is 76.4 Å². The van der Waals surface area contributed by atoms with E-state index in [1.54, 1.807) is 71.3 Å². The average molecular weight is 630 g/mol. The molecule has 246 valence electrons. The number of rotatable bonds is 13. The highest BCUT2D eigenvalue weighted by Crippen LogP contribution is 2.30. The minimum Gasteiger partial charge on any atom is -0.460 e. The zero-order valence-electron chi connectivity index (χ0n) is 26.4. The number of esters is 2. The molecule has 0 saturated carbocycles. The average Bonchev–Trinajstić information content (AvgIpc) is 3.46. The lowest BCUT2D eigenvalue weighted by atomic mass is 9.91. The van der Waals surface area contributed by atoms with Gasteiger partial charge in [0.15, 0.2) is 0 Å². The first-order valence-electron chi connectivity index (χ1n) is 14.8. The highest BCUT2D eigenvalue weighted by Gasteiger charge is 2.42. The summed E-state index contributed by atoms with van der Waals surface area (Å²) in [4.78, 5) is 63.4. The number of fused-ring (bicyclic) bond motifs is 1. The fourth-order valence-electron chi connectivity index (χ4n) is 4.57. The van der Waals surface area contributed by atoms with E-state index in [0.29, 0.717) is 11.1 Å². The Morgan fingerprint density at radius 2 is 1.80 bits per heavy atom. The van der Waals surface area contributed by atoms with Crippen LogP contribution in [0.15, 0.2) is 42.0 Å². The van der Waals surface area contributed by atoms with Crippen molar-refractivity contribution >= 4 is 35.7 Å². The van der Waals surface area contributed by atoms with Crippen molar-refractivity contribution < 1.29 is 48.0 Å². The molecule has 0 spiro atoms. The maximum absolute atomic E-state index is 13.0. The van der Waals surface area contributed by atoms with Gasteiger partial charge in [0.05, 0.1) is 18.2 Å². The topological polar surface area (TPSA) is 170 Å². The lowest BCUT2D eigenvalue weighted by Gasteiger charge is -2.30. The molecule has 1 saturated heterocycles. The van der Waals surface area contributed by atoms with E-state index in [4.69, 9.17) is 18.9 Å². The molecule has 2 aliphatic rings. The minimum atomic E-state index is -0.786. The molecule has 45 heavy (non-hydrogen) atoms. The molecule has 1 aromatic rings. The number of amides is 3. The Kier molecular flexibility index (Phi) is 12.8. The van der Waals surface area contributed by atoms with Gasteiger partial charge >= 0.3 is 11.9 Å². The number of ether oxygens (including phenoxy) is 4. The molecular weight excluding hydrogens is 586 g/mol. The molecule has 4 atom stereocenters. The van der Waals surface area contributed by atoms with Crippen LogP contribution in [0.25, 0.3) is 6.08 Å². The molecular formula is C32H43N3O10. The van der Waals surface area contributed by atoms with Gasteiger partial charge in [-0.2, -0.15) is 0 Å². The normalized spacial score (nSPS) is 20.0. The van der Waals surface area contributed by atoms with Crippen molar-refractivity contribution in [3.63, 3.8) is 0 Å². The number of hydrogen-bond donors (Lipinski definition) is 3. The molecule has 13 nitrogen and oxygen atoms in total. The van der Waals surface area contributed by atoms with Crippen LogP contribution in [0.4, 0.5) is 0 Å². The van der Waals surface area contributed by atoms with Crippen LogP contribution >= 0.6 is 0 Å². The molecule has 3 amide bonds. The quantitative estimate of drug-likeness (QED) is 0.215. The van der Waals surface area contributed by atoms with Crippen LogP contribution in [-0.4, -0.2) is 104 Å². The molecule has 0 aromatic heterocycles. The van der Waals surface area contributed by atoms with Gasteiger partial charge in [0.1, 0.15) is 30.7 Å². The van der Waals surface area contributed by atoms with Crippen molar-refractivity contribution in [2.75, 3.05) is 34.0 Å². The molecule has 3 rings (SSSR count). The molecule has 1 aromatic carbocycles. The van der Waals surface area contributed by atoms with Gasteiger partial charge in [-0.3, -0.25) is 19.2 Å². The number of likely N-dealkylation sites (N-methyl/N-ethyl adjacent to an activating group) is 1. The SMILES string of the molecule is CN(C)C(=O)C=Cc1ccc(C(=O)O[C@@H]2CC(C(=O)NCCC(=O)N[C@H](CO)CCC(=O)OC(C)(C)C)=C[C@H]3OCO[C@H]32)cc1. The fraction of sp³-hybridized carbons (Fsp3) is 0.531. The van der Waals surface area contributed by atoms with Gasteiger partial charge in [-0.05, 0) is 57.0 Å². The number of nitrogens with one attached hydrogen (secondary N) is 2. The molecule has 0 radical (unpaired) electrons. The van der Waals surface area contributed by atoms with Gasteiger partial charge in [-0.1, -0.05) is 12.1 Å². The van der Waals surface area contributed by atoms with Crippen LogP contribution < -0.4 is 10.6 Å². The van der Waals surface area contributed by atoms with Gasteiger partial charge in [0.2, 0.25) is 17.7 Å². The van der Waals surface area contributed by atoms with Crippen molar-refractivity contribution in [3.05, 3.63) is 53.1 Å². The number of aliphatic hydroxyl groups is 1. The van der Waals surface area contributed by atoms with E-state index in [2.05, 4.69) is 10.6 Å². The van der Waals surface area contributed by atoms with Crippen molar-refractivity contribution in [1.29, 1.82) is 0 Å². The largest absolute Gasteiger partial charge is 0.460 e. The summed E-state index contributed by atoms with van der Waals surface area (Å²) in [6.07, 6.45) is 3.03. The first-order valence-corrected chi connectivity index (χ1v) is 14.8. The third-order valence-electron chi connectivity index (χ3n) is 6.89. The van der Waals surface area contributed by atoms with E-state index in [9.17, 15) is 29.1 Å². The highest BCUT2D eigenvalue weighted by molar-refractivity contribution is 5.95. The van der Waals surface area contributed by atoms with Crippen LogP contribution in [-0.2, 0) is 38.1 Å². The summed E-state index contributed by atoms with van der Waals surface area (Å²) in [6, 6.07) is 5.92. The smallest absolute Gasteiger partial charge is 0.338 e. The number of nitrogens with zero attached hydrogens (tertiary/aromatic N) is 1. The van der Waals surface area contributed by atoms with Gasteiger partial charge < -0.3 is 39.6 Å². The monoisotopic (exact) mass is 629 g/mol. The third-order valence-corrected chi connectivity index (χ3v) is 6.89. The molecule has 1 heterocycles. The Hall–Kier alpha value is -4.07. The highest BCUT2D eigenvalue weighted by atomic mass is 16.7. The second-order valence-corrected chi connectivity index (χ2v) is 12.0. The van der Waals surface area contributed by atoms with Crippen molar-refractivity contribution in [1.82, 2.24) is 15.5 Å². The molecule has 1 fully saturated rings. The molecule has 0 bridgehead atoms. The van der Waals surface area contributed by atoms with Crippen LogP contribution in [0.3, 0.4) is 0 Å². The van der Waals surface area contributed by atoms with E-state index in [1.807, 2.05) is 0 Å². The van der Waals surface area contributed by atoms with Crippen LogP contribution in [0.5, 0.6) is 0 Å². The summed E-state index contributed by atoms with van der Waals surface area (Å²) in [6.45, 7) is 4.92. The molecule has 1 aliphatic heterocycles. The Labute approximate surface area is 262 Å². The maximum Gasteiger partial charge on any atom is 0.338 e. The molecule has 13 heteroatoms. The lowest BCUT2D eigenvalue weighted by molar-refractivity contribution is -0.155. The summed E-state index contributed by atoms with van der Waals surface area (Å²) in [5.41, 5.74) is 0.730. The van der Waals surface area contributed by atoms with Crippen LogP contribution in [0.2, 0.25) is 0 Å². The zero-order valence-corrected chi connectivity index (χ0v) is 26.4. The summed E-state index contributed by atoms with van der Waals surface area (Å²) in [5.74, 6) is -2.03. The number of carbonyl (C=O) groups is 5. The minimum absolute atomic E-state index is 0.0123. The Balaban J connectivity index is 1.49.